The molecule has 1 aromatic carbocycles. The minimum atomic E-state index is -0.341. The molecule has 116 valence electrons. The number of hydrogen-bond donors (Lipinski definition) is 0. The van der Waals surface area contributed by atoms with Crippen LogP contribution in [0.1, 0.15) is 37.6 Å². The third-order valence-corrected chi connectivity index (χ3v) is 4.56. The van der Waals surface area contributed by atoms with Gasteiger partial charge in [-0.3, -0.25) is 4.79 Å². The molecular weight excluding hydrogens is 279 g/mol. The van der Waals surface area contributed by atoms with Crippen LogP contribution in [-0.2, 0) is 11.3 Å². The number of benzene rings is 1. The van der Waals surface area contributed by atoms with Gasteiger partial charge in [-0.1, -0.05) is 32.0 Å². The second-order valence-corrected chi connectivity index (χ2v) is 5.89. The monoisotopic (exact) mass is 300 g/mol. The highest BCUT2D eigenvalue weighted by molar-refractivity contribution is 5.79. The maximum Gasteiger partial charge on any atom is 0.226 e. The standard InChI is InChI=1S/C18H21FN2O/c1-3-13(2)18(22)21-12-11-20-10-6-9-16(20)17(21)14-7-4-5-8-15(14)19/h4-10,13,17H,3,11-12H2,1-2H3/t13-,17-/m0/s1. The summed E-state index contributed by atoms with van der Waals surface area (Å²) in [5, 5.41) is 0. The number of fused-ring (bicyclic) bond motifs is 1. The van der Waals surface area contributed by atoms with Crippen LogP contribution in [-0.4, -0.2) is 21.9 Å². The molecular formula is C18H21FN2O. The summed E-state index contributed by atoms with van der Waals surface area (Å²) in [6.45, 7) is 5.32. The maximum absolute atomic E-state index is 14.3. The fraction of sp³-hybridized carbons (Fsp3) is 0.389. The lowest BCUT2D eigenvalue weighted by Crippen LogP contribution is -2.44. The number of halogens is 1. The molecule has 0 N–H and O–H groups in total. The van der Waals surface area contributed by atoms with Gasteiger partial charge in [0.15, 0.2) is 0 Å². The molecule has 0 fully saturated rings. The quantitative estimate of drug-likeness (QED) is 0.850. The van der Waals surface area contributed by atoms with Gasteiger partial charge in [-0.25, -0.2) is 4.39 Å². The van der Waals surface area contributed by atoms with Crippen LogP contribution in [0.5, 0.6) is 0 Å². The van der Waals surface area contributed by atoms with E-state index in [9.17, 15) is 9.18 Å². The van der Waals surface area contributed by atoms with E-state index in [-0.39, 0.29) is 23.7 Å². The molecule has 2 aromatic rings. The highest BCUT2D eigenvalue weighted by Gasteiger charge is 2.34. The van der Waals surface area contributed by atoms with Crippen molar-refractivity contribution < 1.29 is 9.18 Å². The van der Waals surface area contributed by atoms with Crippen LogP contribution in [0.2, 0.25) is 0 Å². The first-order valence-electron chi connectivity index (χ1n) is 7.83. The van der Waals surface area contributed by atoms with E-state index in [1.54, 1.807) is 12.1 Å². The zero-order valence-corrected chi connectivity index (χ0v) is 13.0. The Morgan fingerprint density at radius 1 is 1.27 bits per heavy atom. The van der Waals surface area contributed by atoms with Crippen LogP contribution in [0, 0.1) is 11.7 Å². The zero-order chi connectivity index (χ0) is 15.7. The normalized spacial score (nSPS) is 18.9. The molecule has 0 unspecified atom stereocenters. The van der Waals surface area contributed by atoms with E-state index in [4.69, 9.17) is 0 Å². The van der Waals surface area contributed by atoms with Crippen LogP contribution >= 0.6 is 0 Å². The number of nitrogens with zero attached hydrogens (tertiary/aromatic N) is 2. The number of rotatable bonds is 3. The van der Waals surface area contributed by atoms with Crippen LogP contribution in [0.15, 0.2) is 42.6 Å². The van der Waals surface area contributed by atoms with Gasteiger partial charge in [-0.15, -0.1) is 0 Å². The molecule has 2 heterocycles. The summed E-state index contributed by atoms with van der Waals surface area (Å²) < 4.78 is 16.5. The van der Waals surface area contributed by atoms with Gasteiger partial charge in [0.05, 0.1) is 0 Å². The Kier molecular flexibility index (Phi) is 4.01. The smallest absolute Gasteiger partial charge is 0.226 e. The summed E-state index contributed by atoms with van der Waals surface area (Å²) in [5.74, 6) is -0.205. The van der Waals surface area contributed by atoms with Crippen molar-refractivity contribution in [3.05, 3.63) is 59.7 Å². The Balaban J connectivity index is 2.07. The summed E-state index contributed by atoms with van der Waals surface area (Å²) in [5.41, 5.74) is 1.55. The molecule has 0 radical (unpaired) electrons. The van der Waals surface area contributed by atoms with Gasteiger partial charge in [0.1, 0.15) is 11.9 Å². The molecule has 0 spiro atoms. The minimum absolute atomic E-state index is 0.0456. The summed E-state index contributed by atoms with van der Waals surface area (Å²) in [4.78, 5) is 14.6. The van der Waals surface area contributed by atoms with E-state index in [0.29, 0.717) is 12.1 Å². The van der Waals surface area contributed by atoms with Crippen molar-refractivity contribution in [1.29, 1.82) is 0 Å². The van der Waals surface area contributed by atoms with Crippen molar-refractivity contribution in [3.63, 3.8) is 0 Å². The molecule has 0 aliphatic carbocycles. The Bertz CT molecular complexity index is 679. The molecule has 1 aliphatic rings. The fourth-order valence-corrected chi connectivity index (χ4v) is 3.10. The van der Waals surface area contributed by atoms with Crippen molar-refractivity contribution in [2.24, 2.45) is 5.92 Å². The summed E-state index contributed by atoms with van der Waals surface area (Å²) >= 11 is 0. The van der Waals surface area contributed by atoms with Gasteiger partial charge in [-0.05, 0) is 24.6 Å². The largest absolute Gasteiger partial charge is 0.348 e. The van der Waals surface area contributed by atoms with E-state index >= 15 is 0 Å². The fourth-order valence-electron chi connectivity index (χ4n) is 3.10. The molecule has 4 heteroatoms. The molecule has 0 saturated heterocycles. The Morgan fingerprint density at radius 2 is 2.05 bits per heavy atom. The number of amides is 1. The molecule has 1 aromatic heterocycles. The van der Waals surface area contributed by atoms with Crippen molar-refractivity contribution in [2.45, 2.75) is 32.9 Å². The average molecular weight is 300 g/mol. The summed E-state index contributed by atoms with van der Waals surface area (Å²) in [7, 11) is 0. The van der Waals surface area contributed by atoms with E-state index in [2.05, 4.69) is 4.57 Å². The van der Waals surface area contributed by atoms with E-state index in [1.807, 2.05) is 43.1 Å². The SMILES string of the molecule is CC[C@H](C)C(=O)N1CCn2cccc2[C@@H]1c1ccccc1F. The number of hydrogen-bond acceptors (Lipinski definition) is 1. The minimum Gasteiger partial charge on any atom is -0.348 e. The van der Waals surface area contributed by atoms with Gasteiger partial charge in [0, 0.05) is 36.5 Å². The molecule has 0 saturated carbocycles. The van der Waals surface area contributed by atoms with E-state index in [0.717, 1.165) is 18.7 Å². The second-order valence-electron chi connectivity index (χ2n) is 5.89. The third kappa shape index (κ3) is 2.43. The summed E-state index contributed by atoms with van der Waals surface area (Å²) in [6, 6.07) is 10.3. The number of carbonyl (C=O) groups excluding carboxylic acids is 1. The van der Waals surface area contributed by atoms with Crippen LogP contribution < -0.4 is 0 Å². The molecule has 2 atom stereocenters. The average Bonchev–Trinajstić information content (AvgIpc) is 3.01. The lowest BCUT2D eigenvalue weighted by Gasteiger charge is -2.38. The predicted octanol–water partition coefficient (Wildman–Crippen LogP) is 3.60. The molecule has 3 nitrogen and oxygen atoms in total. The first kappa shape index (κ1) is 14.8. The lowest BCUT2D eigenvalue weighted by atomic mass is 9.97. The van der Waals surface area contributed by atoms with Crippen LogP contribution in [0.4, 0.5) is 4.39 Å². The predicted molar refractivity (Wildman–Crippen MR) is 83.8 cm³/mol. The molecule has 0 bridgehead atoms. The highest BCUT2D eigenvalue weighted by atomic mass is 19.1. The van der Waals surface area contributed by atoms with E-state index in [1.165, 1.54) is 6.07 Å². The number of aromatic nitrogens is 1. The second kappa shape index (κ2) is 5.95. The van der Waals surface area contributed by atoms with Crippen molar-refractivity contribution >= 4 is 5.91 Å². The van der Waals surface area contributed by atoms with Crippen molar-refractivity contribution in [1.82, 2.24) is 9.47 Å². The third-order valence-electron chi connectivity index (χ3n) is 4.56. The molecule has 22 heavy (non-hydrogen) atoms. The van der Waals surface area contributed by atoms with Gasteiger partial charge in [0.25, 0.3) is 0 Å². The van der Waals surface area contributed by atoms with Crippen molar-refractivity contribution in [2.75, 3.05) is 6.54 Å². The Morgan fingerprint density at radius 3 is 2.77 bits per heavy atom. The number of carbonyl (C=O) groups is 1. The van der Waals surface area contributed by atoms with Crippen LogP contribution in [0.25, 0.3) is 0 Å². The molecule has 1 aliphatic heterocycles. The van der Waals surface area contributed by atoms with Gasteiger partial charge < -0.3 is 9.47 Å². The van der Waals surface area contributed by atoms with Gasteiger partial charge in [0.2, 0.25) is 5.91 Å². The first-order valence-corrected chi connectivity index (χ1v) is 7.83. The van der Waals surface area contributed by atoms with Crippen molar-refractivity contribution in [3.8, 4) is 0 Å². The first-order chi connectivity index (χ1) is 10.6. The lowest BCUT2D eigenvalue weighted by molar-refractivity contribution is -0.137. The molecule has 1 amide bonds. The topological polar surface area (TPSA) is 25.2 Å². The summed E-state index contributed by atoms with van der Waals surface area (Å²) in [6.07, 6.45) is 2.79. The highest BCUT2D eigenvalue weighted by Crippen LogP contribution is 2.34. The zero-order valence-electron chi connectivity index (χ0n) is 13.0. The molecule has 3 rings (SSSR count). The Labute approximate surface area is 130 Å². The maximum atomic E-state index is 14.3. The van der Waals surface area contributed by atoms with Gasteiger partial charge >= 0.3 is 0 Å². The Hall–Kier alpha value is -2.10. The van der Waals surface area contributed by atoms with Gasteiger partial charge in [-0.2, -0.15) is 0 Å². The van der Waals surface area contributed by atoms with Crippen LogP contribution in [0.3, 0.4) is 0 Å². The van der Waals surface area contributed by atoms with E-state index < -0.39 is 0 Å².